The lowest BCUT2D eigenvalue weighted by atomic mass is 9.93. The van der Waals surface area contributed by atoms with Crippen molar-refractivity contribution in [3.63, 3.8) is 0 Å². The minimum atomic E-state index is -1.96. The fourth-order valence-corrected chi connectivity index (χ4v) is 3.32. The molecule has 7 nitrogen and oxygen atoms in total. The number of esters is 1. The van der Waals surface area contributed by atoms with Crippen molar-refractivity contribution in [3.05, 3.63) is 70.2 Å². The van der Waals surface area contributed by atoms with E-state index in [0.717, 1.165) is 0 Å². The summed E-state index contributed by atoms with van der Waals surface area (Å²) in [5.41, 5.74) is -1.65. The van der Waals surface area contributed by atoms with E-state index < -0.39 is 11.6 Å². The maximum atomic E-state index is 12.3. The Balaban J connectivity index is 1.91. The Labute approximate surface area is 168 Å². The van der Waals surface area contributed by atoms with Crippen LogP contribution < -0.4 is 4.74 Å². The lowest BCUT2D eigenvalue weighted by Gasteiger charge is -2.26. The third kappa shape index (κ3) is 4.29. The van der Waals surface area contributed by atoms with Gasteiger partial charge in [-0.1, -0.05) is 33.6 Å². The largest absolute Gasteiger partial charge is 0.467 e. The first-order chi connectivity index (χ1) is 12.9. The highest BCUT2D eigenvalue weighted by Crippen LogP contribution is 2.35. The van der Waals surface area contributed by atoms with E-state index in [9.17, 15) is 9.90 Å². The number of methoxy groups -OCH3 is 1. The molecule has 27 heavy (non-hydrogen) atoms. The maximum Gasteiger partial charge on any atom is 0.344 e. The zero-order valence-corrected chi connectivity index (χ0v) is 16.5. The van der Waals surface area contributed by atoms with E-state index in [1.807, 2.05) is 0 Å². The molecule has 1 heterocycles. The molecule has 0 aliphatic rings. The molecule has 0 fully saturated rings. The second kappa shape index (κ2) is 8.08. The molecular formula is C18H15BrClN3O4. The molecule has 0 saturated heterocycles. The first kappa shape index (κ1) is 19.3. The molecule has 9 heteroatoms. The number of aliphatic hydroxyl groups is 1. The zero-order valence-electron chi connectivity index (χ0n) is 14.2. The fourth-order valence-electron chi connectivity index (χ4n) is 2.51. The minimum absolute atomic E-state index is 0.157. The summed E-state index contributed by atoms with van der Waals surface area (Å²) in [7, 11) is 1.21. The van der Waals surface area contributed by atoms with E-state index in [4.69, 9.17) is 21.1 Å². The number of halogens is 2. The summed E-state index contributed by atoms with van der Waals surface area (Å²) in [4.78, 5) is 16.1. The van der Waals surface area contributed by atoms with Crippen LogP contribution in [0.15, 0.2) is 59.6 Å². The van der Waals surface area contributed by atoms with Crippen LogP contribution in [0.5, 0.6) is 11.5 Å². The van der Waals surface area contributed by atoms with E-state index in [-0.39, 0.29) is 6.54 Å². The van der Waals surface area contributed by atoms with Crippen LogP contribution in [-0.2, 0) is 21.7 Å². The molecule has 1 atom stereocenters. The van der Waals surface area contributed by atoms with Crippen molar-refractivity contribution in [3.8, 4) is 11.5 Å². The molecule has 0 aliphatic heterocycles. The lowest BCUT2D eigenvalue weighted by molar-refractivity contribution is -0.165. The number of hydrogen-bond donors (Lipinski definition) is 1. The van der Waals surface area contributed by atoms with Crippen molar-refractivity contribution in [1.29, 1.82) is 0 Å². The minimum Gasteiger partial charge on any atom is -0.467 e. The Kier molecular flexibility index (Phi) is 5.79. The van der Waals surface area contributed by atoms with E-state index >= 15 is 0 Å². The Hall–Kier alpha value is -2.42. The monoisotopic (exact) mass is 451 g/mol. The lowest BCUT2D eigenvalue weighted by Crippen LogP contribution is -2.41. The second-order valence-corrected chi connectivity index (χ2v) is 6.93. The predicted molar refractivity (Wildman–Crippen MR) is 102 cm³/mol. The molecular weight excluding hydrogens is 438 g/mol. The molecule has 0 bridgehead atoms. The van der Waals surface area contributed by atoms with Crippen molar-refractivity contribution < 1.29 is 19.4 Å². The van der Waals surface area contributed by atoms with Crippen LogP contribution in [0.3, 0.4) is 0 Å². The van der Waals surface area contributed by atoms with E-state index in [2.05, 4.69) is 26.0 Å². The predicted octanol–water partition coefficient (Wildman–Crippen LogP) is 3.55. The normalized spacial score (nSPS) is 13.0. The molecule has 0 saturated carbocycles. The molecule has 0 amide bonds. The van der Waals surface area contributed by atoms with E-state index in [1.165, 1.54) is 24.4 Å². The van der Waals surface area contributed by atoms with Gasteiger partial charge in [0.05, 0.1) is 13.7 Å². The second-order valence-electron chi connectivity index (χ2n) is 5.64. The van der Waals surface area contributed by atoms with Gasteiger partial charge in [0.2, 0.25) is 5.60 Å². The van der Waals surface area contributed by atoms with Crippen molar-refractivity contribution in [2.75, 3.05) is 7.11 Å². The molecule has 3 aromatic rings. The highest BCUT2D eigenvalue weighted by molar-refractivity contribution is 9.10. The van der Waals surface area contributed by atoms with Crippen molar-refractivity contribution in [1.82, 2.24) is 14.8 Å². The Morgan fingerprint density at radius 3 is 2.56 bits per heavy atom. The average Bonchev–Trinajstić information content (AvgIpc) is 3.15. The van der Waals surface area contributed by atoms with E-state index in [1.54, 1.807) is 42.5 Å². The third-order valence-corrected chi connectivity index (χ3v) is 4.72. The number of carbonyl (C=O) groups excluding carboxylic acids is 1. The molecule has 0 spiro atoms. The first-order valence-electron chi connectivity index (χ1n) is 7.79. The van der Waals surface area contributed by atoms with Crippen LogP contribution >= 0.6 is 27.5 Å². The molecule has 1 N–H and O–H groups in total. The van der Waals surface area contributed by atoms with Gasteiger partial charge in [-0.05, 0) is 36.4 Å². The summed E-state index contributed by atoms with van der Waals surface area (Å²) in [6.45, 7) is -0.157. The molecule has 0 radical (unpaired) electrons. The van der Waals surface area contributed by atoms with Crippen LogP contribution in [-0.4, -0.2) is 33.0 Å². The summed E-state index contributed by atoms with van der Waals surface area (Å²) in [5.74, 6) is 0.302. The van der Waals surface area contributed by atoms with Crippen LogP contribution in [0, 0.1) is 0 Å². The summed E-state index contributed by atoms with van der Waals surface area (Å²) in [6, 6.07) is 11.8. The van der Waals surface area contributed by atoms with Gasteiger partial charge in [0.25, 0.3) is 0 Å². The number of carbonyl (C=O) groups is 1. The van der Waals surface area contributed by atoms with Gasteiger partial charge < -0.3 is 14.6 Å². The SMILES string of the molecule is COC(=O)C(O)(Cn1cncn1)c1ccc(Oc2ccc(Cl)cc2)cc1Br. The van der Waals surface area contributed by atoms with Gasteiger partial charge in [0.15, 0.2) is 0 Å². The van der Waals surface area contributed by atoms with Crippen molar-refractivity contribution in [2.24, 2.45) is 0 Å². The standard InChI is InChI=1S/C18H15BrClN3O4/c1-26-17(24)18(25,9-23-11-21-10-22-23)15-7-6-14(8-16(15)19)27-13-4-2-12(20)3-5-13/h2-8,10-11,25H,9H2,1H3. The summed E-state index contributed by atoms with van der Waals surface area (Å²) >= 11 is 9.26. The number of benzene rings is 2. The fraction of sp³-hybridized carbons (Fsp3) is 0.167. The summed E-state index contributed by atoms with van der Waals surface area (Å²) in [5, 5.41) is 15.6. The van der Waals surface area contributed by atoms with Gasteiger partial charge in [-0.2, -0.15) is 5.10 Å². The number of hydrogen-bond acceptors (Lipinski definition) is 6. The van der Waals surface area contributed by atoms with E-state index in [0.29, 0.717) is 26.6 Å². The highest BCUT2D eigenvalue weighted by Gasteiger charge is 2.41. The third-order valence-electron chi connectivity index (χ3n) is 3.82. The molecule has 3 rings (SSSR count). The van der Waals surface area contributed by atoms with Gasteiger partial charge in [-0.25, -0.2) is 14.5 Å². The molecule has 1 unspecified atom stereocenters. The van der Waals surface area contributed by atoms with Crippen LogP contribution in [0.2, 0.25) is 5.02 Å². The first-order valence-corrected chi connectivity index (χ1v) is 8.96. The smallest absolute Gasteiger partial charge is 0.344 e. The Morgan fingerprint density at radius 2 is 1.96 bits per heavy atom. The number of rotatable bonds is 6. The molecule has 0 aliphatic carbocycles. The van der Waals surface area contributed by atoms with Crippen molar-refractivity contribution >= 4 is 33.5 Å². The Bertz CT molecular complexity index is 934. The van der Waals surface area contributed by atoms with Crippen molar-refractivity contribution in [2.45, 2.75) is 12.1 Å². The number of nitrogens with zero attached hydrogens (tertiary/aromatic N) is 3. The molecule has 2 aromatic carbocycles. The van der Waals surface area contributed by atoms with Crippen LogP contribution in [0.4, 0.5) is 0 Å². The topological polar surface area (TPSA) is 86.5 Å². The number of ether oxygens (including phenoxy) is 2. The van der Waals surface area contributed by atoms with Crippen LogP contribution in [0.25, 0.3) is 0 Å². The Morgan fingerprint density at radius 1 is 1.26 bits per heavy atom. The maximum absolute atomic E-state index is 12.3. The highest BCUT2D eigenvalue weighted by atomic mass is 79.9. The summed E-state index contributed by atoms with van der Waals surface area (Å²) < 4.78 is 12.4. The van der Waals surface area contributed by atoms with Gasteiger partial charge in [-0.3, -0.25) is 0 Å². The van der Waals surface area contributed by atoms with Crippen LogP contribution in [0.1, 0.15) is 5.56 Å². The van der Waals surface area contributed by atoms with Gasteiger partial charge >= 0.3 is 5.97 Å². The quantitative estimate of drug-likeness (QED) is 0.576. The molecule has 140 valence electrons. The average molecular weight is 453 g/mol. The van der Waals surface area contributed by atoms with Gasteiger partial charge in [0, 0.05) is 15.1 Å². The number of aromatic nitrogens is 3. The van der Waals surface area contributed by atoms with Gasteiger partial charge in [0.1, 0.15) is 24.2 Å². The van der Waals surface area contributed by atoms with Gasteiger partial charge in [-0.15, -0.1) is 0 Å². The molecule has 1 aromatic heterocycles. The zero-order chi connectivity index (χ0) is 19.4. The summed E-state index contributed by atoms with van der Waals surface area (Å²) in [6.07, 6.45) is 2.72.